The van der Waals surface area contributed by atoms with Crippen LogP contribution >= 0.6 is 0 Å². The lowest BCUT2D eigenvalue weighted by Crippen LogP contribution is -2.63. The number of carbonyl (C=O) groups is 1. The zero-order valence-corrected chi connectivity index (χ0v) is 9.46. The highest BCUT2D eigenvalue weighted by Gasteiger charge is 2.42. The van der Waals surface area contributed by atoms with Crippen molar-refractivity contribution in [3.05, 3.63) is 0 Å². The van der Waals surface area contributed by atoms with Crippen molar-refractivity contribution in [2.24, 2.45) is 0 Å². The molecule has 5 atom stereocenters. The molecular weight excluding hydrogens is 214 g/mol. The van der Waals surface area contributed by atoms with Crippen molar-refractivity contribution in [1.29, 1.82) is 0 Å². The fourth-order valence-corrected chi connectivity index (χ4v) is 1.79. The average Bonchev–Trinajstić information content (AvgIpc) is 2.28. The molecule has 94 valence electrons. The smallest absolute Gasteiger partial charge is 0.220 e. The van der Waals surface area contributed by atoms with Gasteiger partial charge in [0.2, 0.25) is 5.91 Å². The van der Waals surface area contributed by atoms with Gasteiger partial charge in [0.25, 0.3) is 0 Å². The molecule has 1 aliphatic heterocycles. The molecule has 0 radical (unpaired) electrons. The molecule has 1 rings (SSSR count). The number of aliphatic hydroxyl groups is 3. The SMILES string of the molecule is CCC(=O)NC1[C@@H](O)[C@@H](O)C(CO)O[C@@H]1C. The summed E-state index contributed by atoms with van der Waals surface area (Å²) < 4.78 is 5.30. The highest BCUT2D eigenvalue weighted by molar-refractivity contribution is 5.76. The van der Waals surface area contributed by atoms with E-state index in [0.717, 1.165) is 0 Å². The standard InChI is InChI=1S/C10H19NO5/c1-3-7(13)11-8-5(2)16-6(4-12)9(14)10(8)15/h5-6,8-10,12,14-15H,3-4H2,1-2H3,(H,11,13)/t5-,6?,8?,9+,10-/m1/s1. The van der Waals surface area contributed by atoms with Crippen molar-refractivity contribution in [3.63, 3.8) is 0 Å². The van der Waals surface area contributed by atoms with Crippen LogP contribution in [0.15, 0.2) is 0 Å². The molecule has 6 heteroatoms. The Labute approximate surface area is 94.2 Å². The van der Waals surface area contributed by atoms with Gasteiger partial charge in [-0.1, -0.05) is 6.92 Å². The largest absolute Gasteiger partial charge is 0.394 e. The Hall–Kier alpha value is -0.690. The Morgan fingerprint density at radius 1 is 1.38 bits per heavy atom. The molecule has 0 spiro atoms. The van der Waals surface area contributed by atoms with Crippen molar-refractivity contribution in [3.8, 4) is 0 Å². The molecule has 1 aliphatic rings. The number of aliphatic hydroxyl groups excluding tert-OH is 3. The van der Waals surface area contributed by atoms with E-state index in [1.165, 1.54) is 0 Å². The van der Waals surface area contributed by atoms with Crippen LogP contribution in [0.5, 0.6) is 0 Å². The van der Waals surface area contributed by atoms with Crippen LogP contribution < -0.4 is 5.32 Å². The van der Waals surface area contributed by atoms with E-state index in [-0.39, 0.29) is 12.5 Å². The summed E-state index contributed by atoms with van der Waals surface area (Å²) in [6.45, 7) is 3.01. The third-order valence-electron chi connectivity index (χ3n) is 2.82. The number of hydrogen-bond donors (Lipinski definition) is 4. The zero-order valence-electron chi connectivity index (χ0n) is 9.46. The predicted octanol–water partition coefficient (Wildman–Crippen LogP) is -1.62. The van der Waals surface area contributed by atoms with Crippen molar-refractivity contribution in [1.82, 2.24) is 5.32 Å². The molecule has 0 aromatic rings. The normalized spacial score (nSPS) is 39.4. The monoisotopic (exact) mass is 233 g/mol. The van der Waals surface area contributed by atoms with Gasteiger partial charge in [-0.05, 0) is 6.92 Å². The minimum Gasteiger partial charge on any atom is -0.394 e. The first-order valence-corrected chi connectivity index (χ1v) is 5.43. The lowest BCUT2D eigenvalue weighted by atomic mass is 9.93. The molecule has 0 aromatic carbocycles. The molecule has 16 heavy (non-hydrogen) atoms. The summed E-state index contributed by atoms with van der Waals surface area (Å²) in [5, 5.41) is 30.9. The highest BCUT2D eigenvalue weighted by atomic mass is 16.5. The van der Waals surface area contributed by atoms with E-state index in [0.29, 0.717) is 6.42 Å². The molecule has 1 fully saturated rings. The van der Waals surface area contributed by atoms with E-state index in [2.05, 4.69) is 5.32 Å². The summed E-state index contributed by atoms with van der Waals surface area (Å²) >= 11 is 0. The number of carbonyl (C=O) groups excluding carboxylic acids is 1. The molecular formula is C10H19NO5. The van der Waals surface area contributed by atoms with Gasteiger partial charge in [0.1, 0.15) is 18.3 Å². The third kappa shape index (κ3) is 2.70. The lowest BCUT2D eigenvalue weighted by molar-refractivity contribution is -0.190. The van der Waals surface area contributed by atoms with E-state index in [1.807, 2.05) is 0 Å². The van der Waals surface area contributed by atoms with E-state index in [9.17, 15) is 15.0 Å². The van der Waals surface area contributed by atoms with Crippen LogP contribution in [0.25, 0.3) is 0 Å². The number of nitrogens with one attached hydrogen (secondary N) is 1. The highest BCUT2D eigenvalue weighted by Crippen LogP contribution is 2.20. The molecule has 1 heterocycles. The summed E-state index contributed by atoms with van der Waals surface area (Å²) in [5.74, 6) is -0.214. The first kappa shape index (κ1) is 13.4. The van der Waals surface area contributed by atoms with E-state index in [4.69, 9.17) is 9.84 Å². The second kappa shape index (κ2) is 5.58. The topological polar surface area (TPSA) is 99.0 Å². The Balaban J connectivity index is 2.67. The van der Waals surface area contributed by atoms with Crippen molar-refractivity contribution >= 4 is 5.91 Å². The Morgan fingerprint density at radius 3 is 2.50 bits per heavy atom. The maximum atomic E-state index is 11.2. The van der Waals surface area contributed by atoms with Gasteiger partial charge < -0.3 is 25.4 Å². The number of hydrogen-bond acceptors (Lipinski definition) is 5. The van der Waals surface area contributed by atoms with Gasteiger partial charge in [-0.3, -0.25) is 4.79 Å². The van der Waals surface area contributed by atoms with Crippen LogP contribution in [0.3, 0.4) is 0 Å². The molecule has 0 bridgehead atoms. The van der Waals surface area contributed by atoms with E-state index >= 15 is 0 Å². The average molecular weight is 233 g/mol. The van der Waals surface area contributed by atoms with Crippen LogP contribution in [0.4, 0.5) is 0 Å². The summed E-state index contributed by atoms with van der Waals surface area (Å²) in [6, 6.07) is -0.648. The fraction of sp³-hybridized carbons (Fsp3) is 0.900. The van der Waals surface area contributed by atoms with Gasteiger partial charge in [0, 0.05) is 6.42 Å². The summed E-state index contributed by atoms with van der Waals surface area (Å²) in [4.78, 5) is 11.2. The van der Waals surface area contributed by atoms with Crippen LogP contribution in [0.2, 0.25) is 0 Å². The second-order valence-corrected chi connectivity index (χ2v) is 3.99. The van der Waals surface area contributed by atoms with Crippen molar-refractivity contribution in [2.75, 3.05) is 6.61 Å². The summed E-state index contributed by atoms with van der Waals surface area (Å²) in [5.41, 5.74) is 0. The van der Waals surface area contributed by atoms with Gasteiger partial charge in [-0.15, -0.1) is 0 Å². The first-order valence-electron chi connectivity index (χ1n) is 5.43. The van der Waals surface area contributed by atoms with Crippen LogP contribution in [0.1, 0.15) is 20.3 Å². The maximum absolute atomic E-state index is 11.2. The van der Waals surface area contributed by atoms with Crippen molar-refractivity contribution < 1.29 is 24.9 Å². The Morgan fingerprint density at radius 2 is 2.00 bits per heavy atom. The number of ether oxygens (including phenoxy) is 1. The molecule has 6 nitrogen and oxygen atoms in total. The van der Waals surface area contributed by atoms with Crippen LogP contribution in [-0.2, 0) is 9.53 Å². The molecule has 0 aromatic heterocycles. The molecule has 1 amide bonds. The van der Waals surface area contributed by atoms with Gasteiger partial charge >= 0.3 is 0 Å². The molecule has 1 saturated heterocycles. The molecule has 0 aliphatic carbocycles. The van der Waals surface area contributed by atoms with Gasteiger partial charge in [-0.2, -0.15) is 0 Å². The Bertz CT molecular complexity index is 247. The maximum Gasteiger partial charge on any atom is 0.220 e. The Kier molecular flexibility index (Phi) is 4.67. The quantitative estimate of drug-likeness (QED) is 0.470. The van der Waals surface area contributed by atoms with Crippen LogP contribution in [0, 0.1) is 0 Å². The van der Waals surface area contributed by atoms with Gasteiger partial charge in [0.15, 0.2) is 0 Å². The van der Waals surface area contributed by atoms with Crippen LogP contribution in [-0.4, -0.2) is 58.3 Å². The first-order chi connectivity index (χ1) is 7.51. The number of amides is 1. The lowest BCUT2D eigenvalue weighted by Gasteiger charge is -2.41. The minimum atomic E-state index is -1.19. The molecule has 2 unspecified atom stereocenters. The van der Waals surface area contributed by atoms with Gasteiger partial charge in [0.05, 0.1) is 18.8 Å². The second-order valence-electron chi connectivity index (χ2n) is 3.99. The number of rotatable bonds is 3. The van der Waals surface area contributed by atoms with Crippen molar-refractivity contribution in [2.45, 2.75) is 50.7 Å². The summed E-state index contributed by atoms with van der Waals surface area (Å²) in [6.07, 6.45) is -3.28. The third-order valence-corrected chi connectivity index (χ3v) is 2.82. The summed E-state index contributed by atoms with van der Waals surface area (Å²) in [7, 11) is 0. The molecule has 0 saturated carbocycles. The van der Waals surface area contributed by atoms with Gasteiger partial charge in [-0.25, -0.2) is 0 Å². The minimum absolute atomic E-state index is 0.214. The predicted molar refractivity (Wildman–Crippen MR) is 55.7 cm³/mol. The fourth-order valence-electron chi connectivity index (χ4n) is 1.79. The van der Waals surface area contributed by atoms with E-state index < -0.39 is 30.5 Å². The molecule has 4 N–H and O–H groups in total. The van der Waals surface area contributed by atoms with E-state index in [1.54, 1.807) is 13.8 Å². The zero-order chi connectivity index (χ0) is 12.3.